The molecule has 0 fully saturated rings. The van der Waals surface area contributed by atoms with Crippen LogP contribution in [0.2, 0.25) is 0 Å². The molecule has 0 aromatic heterocycles. The summed E-state index contributed by atoms with van der Waals surface area (Å²) >= 11 is 6.65. The fourth-order valence-electron chi connectivity index (χ4n) is 1.14. The third kappa shape index (κ3) is 3.03. The number of halogens is 18. The van der Waals surface area contributed by atoms with Gasteiger partial charge in [-0.2, -0.15) is 70.2 Å². The molecule has 0 nitrogen and oxygen atoms in total. The first-order chi connectivity index (χ1) is 10.8. The van der Waals surface area contributed by atoms with E-state index in [9.17, 15) is 70.2 Å². The van der Waals surface area contributed by atoms with Crippen molar-refractivity contribution in [2.75, 3.05) is 0 Å². The standard InChI is InChI=1S/C8Cl2F16/c9-7(23,24)5(19,20)3(15,16)1(11,12)2(13,14)4(17,18)6(21,22)8(10,25)26. The molecule has 0 radical (unpaired) electrons. The first-order valence-corrected chi connectivity index (χ1v) is 5.91. The highest BCUT2D eigenvalue weighted by Crippen LogP contribution is 2.64. The van der Waals surface area contributed by atoms with E-state index in [0.717, 1.165) is 0 Å². The van der Waals surface area contributed by atoms with Crippen molar-refractivity contribution in [3.63, 3.8) is 0 Å². The van der Waals surface area contributed by atoms with Crippen LogP contribution in [0.3, 0.4) is 0 Å². The van der Waals surface area contributed by atoms with Crippen LogP contribution in [0.25, 0.3) is 0 Å². The van der Waals surface area contributed by atoms with Crippen molar-refractivity contribution >= 4 is 23.2 Å². The second kappa shape index (κ2) is 5.98. The zero-order valence-corrected chi connectivity index (χ0v) is 12.3. The van der Waals surface area contributed by atoms with Crippen LogP contribution in [0.1, 0.15) is 0 Å². The van der Waals surface area contributed by atoms with Crippen molar-refractivity contribution in [2.45, 2.75) is 46.3 Å². The second-order valence-electron chi connectivity index (χ2n) is 4.44. The maximum absolute atomic E-state index is 12.9. The van der Waals surface area contributed by atoms with Crippen LogP contribution >= 0.6 is 23.2 Å². The normalized spacial score (nSPS) is 16.8. The molecule has 0 saturated carbocycles. The summed E-state index contributed by atoms with van der Waals surface area (Å²) in [6.45, 7) is 0. The van der Waals surface area contributed by atoms with Gasteiger partial charge in [-0.1, -0.05) is 0 Å². The van der Waals surface area contributed by atoms with Crippen molar-refractivity contribution < 1.29 is 70.2 Å². The molecule has 0 amide bonds. The quantitative estimate of drug-likeness (QED) is 0.296. The predicted molar refractivity (Wildman–Crippen MR) is 51.3 cm³/mol. The Hall–Kier alpha value is -0.540. The van der Waals surface area contributed by atoms with Crippen molar-refractivity contribution in [3.05, 3.63) is 0 Å². The number of rotatable bonds is 7. The van der Waals surface area contributed by atoms with Crippen LogP contribution in [0.4, 0.5) is 70.2 Å². The van der Waals surface area contributed by atoms with E-state index >= 15 is 0 Å². The van der Waals surface area contributed by atoms with E-state index in [2.05, 4.69) is 23.2 Å². The van der Waals surface area contributed by atoms with Gasteiger partial charge in [0, 0.05) is 0 Å². The van der Waals surface area contributed by atoms with Crippen LogP contribution in [-0.4, -0.2) is 46.3 Å². The van der Waals surface area contributed by atoms with Gasteiger partial charge in [0.2, 0.25) is 0 Å². The number of hydrogen-bond acceptors (Lipinski definition) is 0. The second-order valence-corrected chi connectivity index (χ2v) is 5.39. The minimum absolute atomic E-state index is 3.32. The lowest BCUT2D eigenvalue weighted by Gasteiger charge is -2.42. The molecular formula is C8Cl2F16. The van der Waals surface area contributed by atoms with Crippen molar-refractivity contribution in [2.24, 2.45) is 0 Å². The van der Waals surface area contributed by atoms with Crippen molar-refractivity contribution in [1.29, 1.82) is 0 Å². The van der Waals surface area contributed by atoms with Crippen LogP contribution in [0.5, 0.6) is 0 Å². The van der Waals surface area contributed by atoms with Gasteiger partial charge in [0.05, 0.1) is 0 Å². The highest BCUT2D eigenvalue weighted by molar-refractivity contribution is 6.22. The van der Waals surface area contributed by atoms with E-state index in [1.54, 1.807) is 0 Å². The molecule has 158 valence electrons. The summed E-state index contributed by atoms with van der Waals surface area (Å²) in [4.78, 5) is 0. The topological polar surface area (TPSA) is 0 Å². The van der Waals surface area contributed by atoms with Gasteiger partial charge in [-0.25, -0.2) is 0 Å². The molecule has 0 atom stereocenters. The lowest BCUT2D eigenvalue weighted by Crippen LogP contribution is -2.73. The van der Waals surface area contributed by atoms with E-state index < -0.39 is 46.3 Å². The molecule has 18 heteroatoms. The highest BCUT2D eigenvalue weighted by atomic mass is 35.5. The summed E-state index contributed by atoms with van der Waals surface area (Å²) in [5.41, 5.74) is 0. The minimum atomic E-state index is -8.46. The van der Waals surface area contributed by atoms with E-state index in [-0.39, 0.29) is 0 Å². The largest absolute Gasteiger partial charge is 0.393 e. The molecular weight excluding hydrogens is 471 g/mol. The molecule has 0 bridgehead atoms. The van der Waals surface area contributed by atoms with Crippen molar-refractivity contribution in [3.8, 4) is 0 Å². The maximum atomic E-state index is 12.9. The Balaban J connectivity index is 6.61. The molecule has 0 aromatic rings. The molecule has 0 aromatic carbocycles. The summed E-state index contributed by atoms with van der Waals surface area (Å²) in [7, 11) is 0. The van der Waals surface area contributed by atoms with Gasteiger partial charge < -0.3 is 0 Å². The van der Waals surface area contributed by atoms with Gasteiger partial charge in [-0.05, 0) is 23.2 Å². The first kappa shape index (κ1) is 25.5. The third-order valence-electron chi connectivity index (χ3n) is 2.68. The Morgan fingerprint density at radius 2 is 0.385 bits per heavy atom. The summed E-state index contributed by atoms with van der Waals surface area (Å²) in [5, 5.41) is -13.6. The lowest BCUT2D eigenvalue weighted by atomic mass is 9.91. The maximum Gasteiger partial charge on any atom is 0.393 e. The lowest BCUT2D eigenvalue weighted by molar-refractivity contribution is -0.444. The number of alkyl halides is 18. The molecule has 26 heavy (non-hydrogen) atoms. The zero-order chi connectivity index (χ0) is 22.0. The van der Waals surface area contributed by atoms with E-state index in [4.69, 9.17) is 0 Å². The Kier molecular flexibility index (Phi) is 5.85. The molecule has 0 rings (SSSR count). The fraction of sp³-hybridized carbons (Fsp3) is 1.00. The van der Waals surface area contributed by atoms with Gasteiger partial charge in [-0.3, -0.25) is 0 Å². The summed E-state index contributed by atoms with van der Waals surface area (Å²) in [6, 6.07) is 0. The van der Waals surface area contributed by atoms with Crippen LogP contribution in [0, 0.1) is 0 Å². The first-order valence-electron chi connectivity index (χ1n) is 5.15. The van der Waals surface area contributed by atoms with E-state index in [0.29, 0.717) is 0 Å². The third-order valence-corrected chi connectivity index (χ3v) is 3.16. The van der Waals surface area contributed by atoms with Gasteiger partial charge in [0.25, 0.3) is 0 Å². The van der Waals surface area contributed by atoms with E-state index in [1.807, 2.05) is 0 Å². The van der Waals surface area contributed by atoms with Crippen LogP contribution < -0.4 is 0 Å². The fourth-order valence-corrected chi connectivity index (χ4v) is 1.38. The van der Waals surface area contributed by atoms with Gasteiger partial charge >= 0.3 is 46.3 Å². The molecule has 0 heterocycles. The SMILES string of the molecule is FC(F)(Cl)C(F)(F)C(F)(F)C(F)(F)C(F)(F)C(F)(F)C(F)(F)C(F)(F)Cl. The Labute approximate surface area is 141 Å². The molecule has 0 aliphatic heterocycles. The van der Waals surface area contributed by atoms with Gasteiger partial charge in [0.1, 0.15) is 0 Å². The number of hydrogen-bond donors (Lipinski definition) is 0. The Bertz CT molecular complexity index is 477. The predicted octanol–water partition coefficient (Wildman–Crippen LogP) is 6.46. The molecule has 0 aliphatic carbocycles. The van der Waals surface area contributed by atoms with E-state index in [1.165, 1.54) is 0 Å². The smallest absolute Gasteiger partial charge is 0.192 e. The average Bonchev–Trinajstić information content (AvgIpc) is 2.34. The summed E-state index contributed by atoms with van der Waals surface area (Å²) in [5.74, 6) is -48.9. The summed E-state index contributed by atoms with van der Waals surface area (Å²) in [6.07, 6.45) is 0. The zero-order valence-electron chi connectivity index (χ0n) is 10.8. The minimum Gasteiger partial charge on any atom is -0.192 e. The van der Waals surface area contributed by atoms with Crippen LogP contribution in [0.15, 0.2) is 0 Å². The van der Waals surface area contributed by atoms with Gasteiger partial charge in [-0.15, -0.1) is 0 Å². The van der Waals surface area contributed by atoms with Gasteiger partial charge in [0.15, 0.2) is 0 Å². The van der Waals surface area contributed by atoms with Crippen LogP contribution in [-0.2, 0) is 0 Å². The van der Waals surface area contributed by atoms with Crippen molar-refractivity contribution in [1.82, 2.24) is 0 Å². The monoisotopic (exact) mass is 470 g/mol. The molecule has 0 unspecified atom stereocenters. The molecule has 0 aliphatic rings. The Morgan fingerprint density at radius 1 is 0.269 bits per heavy atom. The molecule has 0 spiro atoms. The Morgan fingerprint density at radius 3 is 0.500 bits per heavy atom. The average molecular weight is 471 g/mol. The molecule has 0 saturated heterocycles. The molecule has 0 N–H and O–H groups in total. The summed E-state index contributed by atoms with van der Waals surface area (Å²) < 4.78 is 202. The highest BCUT2D eigenvalue weighted by Gasteiger charge is 2.94.